The number of ether oxygens (including phenoxy) is 2. The molecular formula is C18H22N4O5S. The molecule has 0 saturated carbocycles. The molecule has 1 atom stereocenters. The van der Waals surface area contributed by atoms with Gasteiger partial charge in [0.25, 0.3) is 0 Å². The summed E-state index contributed by atoms with van der Waals surface area (Å²) < 4.78 is 9.70. The lowest BCUT2D eigenvalue weighted by Gasteiger charge is -2.12. The van der Waals surface area contributed by atoms with Crippen molar-refractivity contribution in [3.8, 4) is 16.3 Å². The topological polar surface area (TPSA) is 120 Å². The number of benzene rings is 1. The zero-order chi connectivity index (χ0) is 20.5. The summed E-state index contributed by atoms with van der Waals surface area (Å²) in [4.78, 5) is 35.1. The molecule has 2 amide bonds. The predicted molar refractivity (Wildman–Crippen MR) is 104 cm³/mol. The van der Waals surface area contributed by atoms with Crippen LogP contribution in [0.4, 0.5) is 5.13 Å². The SMILES string of the molecule is COC(=O)CCCC(=O)NC(C)C(=O)Nc1nnc(-c2cccc(OC)c2)s1. The molecule has 150 valence electrons. The van der Waals surface area contributed by atoms with E-state index in [-0.39, 0.29) is 24.7 Å². The number of hydrogen-bond donors (Lipinski definition) is 2. The molecule has 1 aromatic heterocycles. The van der Waals surface area contributed by atoms with Gasteiger partial charge in [0, 0.05) is 18.4 Å². The summed E-state index contributed by atoms with van der Waals surface area (Å²) >= 11 is 1.22. The van der Waals surface area contributed by atoms with Crippen LogP contribution < -0.4 is 15.4 Å². The zero-order valence-electron chi connectivity index (χ0n) is 15.9. The van der Waals surface area contributed by atoms with Gasteiger partial charge < -0.3 is 14.8 Å². The van der Waals surface area contributed by atoms with E-state index in [0.29, 0.717) is 22.3 Å². The largest absolute Gasteiger partial charge is 0.497 e. The number of nitrogens with zero attached hydrogens (tertiary/aromatic N) is 2. The van der Waals surface area contributed by atoms with E-state index in [1.54, 1.807) is 14.0 Å². The first-order valence-electron chi connectivity index (χ1n) is 8.58. The van der Waals surface area contributed by atoms with Gasteiger partial charge in [0.1, 0.15) is 16.8 Å². The Kier molecular flexibility index (Phi) is 7.88. The van der Waals surface area contributed by atoms with Gasteiger partial charge in [-0.1, -0.05) is 23.5 Å². The Balaban J connectivity index is 1.86. The van der Waals surface area contributed by atoms with E-state index in [1.807, 2.05) is 24.3 Å². The summed E-state index contributed by atoms with van der Waals surface area (Å²) in [6, 6.07) is 6.60. The molecule has 0 fully saturated rings. The van der Waals surface area contributed by atoms with Crippen molar-refractivity contribution in [2.75, 3.05) is 19.5 Å². The Bertz CT molecular complexity index is 839. The number of carbonyl (C=O) groups is 3. The molecule has 0 aliphatic heterocycles. The van der Waals surface area contributed by atoms with Gasteiger partial charge in [-0.25, -0.2) is 0 Å². The molecule has 0 spiro atoms. The molecular weight excluding hydrogens is 384 g/mol. The average Bonchev–Trinajstić information content (AvgIpc) is 3.16. The molecule has 0 radical (unpaired) electrons. The van der Waals surface area contributed by atoms with Crippen LogP contribution in [0.1, 0.15) is 26.2 Å². The molecule has 0 saturated heterocycles. The summed E-state index contributed by atoms with van der Waals surface area (Å²) in [5.41, 5.74) is 0.823. The van der Waals surface area contributed by atoms with Crippen LogP contribution in [0.5, 0.6) is 5.75 Å². The van der Waals surface area contributed by atoms with Crippen molar-refractivity contribution in [1.29, 1.82) is 0 Å². The van der Waals surface area contributed by atoms with Gasteiger partial charge in [-0.2, -0.15) is 0 Å². The highest BCUT2D eigenvalue weighted by Crippen LogP contribution is 2.28. The standard InChI is InChI=1S/C18H22N4O5S/c1-11(19-14(23)8-5-9-15(24)27-3)16(25)20-18-22-21-17(28-18)12-6-4-7-13(10-12)26-2/h4,6-7,10-11H,5,8-9H2,1-3H3,(H,19,23)(H,20,22,25). The number of anilines is 1. The van der Waals surface area contributed by atoms with Crippen molar-refractivity contribution in [3.63, 3.8) is 0 Å². The van der Waals surface area contributed by atoms with Crippen LogP contribution in [0.15, 0.2) is 24.3 Å². The van der Waals surface area contributed by atoms with Crippen LogP contribution >= 0.6 is 11.3 Å². The highest BCUT2D eigenvalue weighted by molar-refractivity contribution is 7.18. The first-order valence-corrected chi connectivity index (χ1v) is 9.39. The van der Waals surface area contributed by atoms with Crippen LogP contribution in [0.25, 0.3) is 10.6 Å². The predicted octanol–water partition coefficient (Wildman–Crippen LogP) is 2.00. The molecule has 0 bridgehead atoms. The number of rotatable bonds is 9. The quantitative estimate of drug-likeness (QED) is 0.611. The molecule has 2 aromatic rings. The molecule has 1 unspecified atom stereocenters. The van der Waals surface area contributed by atoms with Crippen LogP contribution in [0, 0.1) is 0 Å². The van der Waals surface area contributed by atoms with E-state index < -0.39 is 11.9 Å². The van der Waals surface area contributed by atoms with Gasteiger partial charge in [-0.3, -0.25) is 19.7 Å². The smallest absolute Gasteiger partial charge is 0.305 e. The number of aromatic nitrogens is 2. The fourth-order valence-electron chi connectivity index (χ4n) is 2.23. The second kappa shape index (κ2) is 10.4. The Morgan fingerprint density at radius 2 is 1.96 bits per heavy atom. The maximum atomic E-state index is 12.2. The highest BCUT2D eigenvalue weighted by Gasteiger charge is 2.18. The van der Waals surface area contributed by atoms with Crippen LogP contribution in [-0.4, -0.2) is 48.2 Å². The van der Waals surface area contributed by atoms with E-state index in [9.17, 15) is 14.4 Å². The molecule has 0 aliphatic carbocycles. The number of amides is 2. The number of esters is 1. The number of methoxy groups -OCH3 is 2. The van der Waals surface area contributed by atoms with Gasteiger partial charge in [-0.05, 0) is 25.5 Å². The van der Waals surface area contributed by atoms with Crippen LogP contribution in [-0.2, 0) is 19.1 Å². The summed E-state index contributed by atoms with van der Waals surface area (Å²) in [5, 5.41) is 14.2. The fraction of sp³-hybridized carbons (Fsp3) is 0.389. The van der Waals surface area contributed by atoms with Crippen molar-refractivity contribution in [3.05, 3.63) is 24.3 Å². The van der Waals surface area contributed by atoms with Crippen molar-refractivity contribution in [2.24, 2.45) is 0 Å². The van der Waals surface area contributed by atoms with Crippen molar-refractivity contribution in [2.45, 2.75) is 32.2 Å². The van der Waals surface area contributed by atoms with E-state index in [4.69, 9.17) is 4.74 Å². The molecule has 10 heteroatoms. The lowest BCUT2D eigenvalue weighted by molar-refractivity contribution is -0.140. The minimum Gasteiger partial charge on any atom is -0.497 e. The zero-order valence-corrected chi connectivity index (χ0v) is 16.7. The summed E-state index contributed by atoms with van der Waals surface area (Å²) in [6.45, 7) is 1.57. The third kappa shape index (κ3) is 6.31. The molecule has 1 heterocycles. The maximum absolute atomic E-state index is 12.2. The Labute approximate surface area is 166 Å². The minimum atomic E-state index is -0.755. The van der Waals surface area contributed by atoms with E-state index in [0.717, 1.165) is 5.56 Å². The van der Waals surface area contributed by atoms with Gasteiger partial charge in [0.05, 0.1) is 14.2 Å². The molecule has 2 rings (SSSR count). The first-order chi connectivity index (χ1) is 13.4. The minimum absolute atomic E-state index is 0.130. The number of nitrogens with one attached hydrogen (secondary N) is 2. The monoisotopic (exact) mass is 406 g/mol. The second-order valence-electron chi connectivity index (χ2n) is 5.85. The van der Waals surface area contributed by atoms with Crippen molar-refractivity contribution < 1.29 is 23.9 Å². The van der Waals surface area contributed by atoms with Gasteiger partial charge in [0.2, 0.25) is 16.9 Å². The Hall–Kier alpha value is -3.01. The summed E-state index contributed by atoms with van der Waals surface area (Å²) in [6.07, 6.45) is 0.640. The van der Waals surface area contributed by atoms with Crippen molar-refractivity contribution >= 4 is 34.3 Å². The number of hydrogen-bond acceptors (Lipinski definition) is 8. The summed E-state index contributed by atoms with van der Waals surface area (Å²) in [7, 11) is 2.87. The third-order valence-corrected chi connectivity index (χ3v) is 4.64. The molecule has 1 aromatic carbocycles. The second-order valence-corrected chi connectivity index (χ2v) is 6.83. The van der Waals surface area contributed by atoms with E-state index in [2.05, 4.69) is 25.6 Å². The van der Waals surface area contributed by atoms with Crippen molar-refractivity contribution in [1.82, 2.24) is 15.5 Å². The third-order valence-electron chi connectivity index (χ3n) is 3.76. The van der Waals surface area contributed by atoms with E-state index in [1.165, 1.54) is 18.4 Å². The first kappa shape index (κ1) is 21.3. The Morgan fingerprint density at radius 3 is 2.68 bits per heavy atom. The number of carbonyl (C=O) groups excluding carboxylic acids is 3. The fourth-order valence-corrected chi connectivity index (χ4v) is 2.98. The molecule has 9 nitrogen and oxygen atoms in total. The normalized spacial score (nSPS) is 11.4. The van der Waals surface area contributed by atoms with Gasteiger partial charge in [-0.15, -0.1) is 10.2 Å². The molecule has 2 N–H and O–H groups in total. The van der Waals surface area contributed by atoms with Gasteiger partial charge >= 0.3 is 5.97 Å². The molecule has 28 heavy (non-hydrogen) atoms. The lowest BCUT2D eigenvalue weighted by Crippen LogP contribution is -2.41. The lowest BCUT2D eigenvalue weighted by atomic mass is 10.2. The van der Waals surface area contributed by atoms with Crippen LogP contribution in [0.3, 0.4) is 0 Å². The molecule has 0 aliphatic rings. The Morgan fingerprint density at radius 1 is 1.18 bits per heavy atom. The van der Waals surface area contributed by atoms with E-state index >= 15 is 0 Å². The highest BCUT2D eigenvalue weighted by atomic mass is 32.1. The maximum Gasteiger partial charge on any atom is 0.305 e. The van der Waals surface area contributed by atoms with Gasteiger partial charge in [0.15, 0.2) is 0 Å². The average molecular weight is 406 g/mol. The summed E-state index contributed by atoms with van der Waals surface area (Å²) in [5.74, 6) is -0.404. The van der Waals surface area contributed by atoms with Crippen LogP contribution in [0.2, 0.25) is 0 Å².